The molecule has 11 heavy (non-hydrogen) atoms. The SMILES string of the molecule is S=CC1CCCCCCCC1. The Morgan fingerprint density at radius 2 is 1.27 bits per heavy atom. The van der Waals surface area contributed by atoms with Crippen molar-refractivity contribution in [3.05, 3.63) is 0 Å². The predicted molar refractivity (Wildman–Crippen MR) is 54.1 cm³/mol. The average Bonchev–Trinajstić information content (AvgIpc) is 2.16. The summed E-state index contributed by atoms with van der Waals surface area (Å²) in [5.41, 5.74) is 0. The zero-order chi connectivity index (χ0) is 7.94. The summed E-state index contributed by atoms with van der Waals surface area (Å²) in [5.74, 6) is 0.753. The van der Waals surface area contributed by atoms with E-state index in [1.165, 1.54) is 51.4 Å². The molecule has 0 heterocycles. The van der Waals surface area contributed by atoms with Crippen LogP contribution in [-0.2, 0) is 0 Å². The number of hydrogen-bond donors (Lipinski definition) is 0. The summed E-state index contributed by atoms with van der Waals surface area (Å²) >= 11 is 5.00. The van der Waals surface area contributed by atoms with Crippen molar-refractivity contribution in [2.24, 2.45) is 5.92 Å². The van der Waals surface area contributed by atoms with Crippen molar-refractivity contribution in [1.82, 2.24) is 0 Å². The van der Waals surface area contributed by atoms with Crippen LogP contribution in [0.25, 0.3) is 0 Å². The van der Waals surface area contributed by atoms with Gasteiger partial charge in [0, 0.05) is 0 Å². The minimum absolute atomic E-state index is 0.753. The molecule has 0 radical (unpaired) electrons. The van der Waals surface area contributed by atoms with Gasteiger partial charge < -0.3 is 0 Å². The van der Waals surface area contributed by atoms with Gasteiger partial charge in [-0.1, -0.05) is 50.7 Å². The largest absolute Gasteiger partial charge is 0.0932 e. The quantitative estimate of drug-likeness (QED) is 0.540. The molecule has 1 saturated carbocycles. The minimum atomic E-state index is 0.753. The maximum atomic E-state index is 5.00. The molecule has 0 aromatic carbocycles. The lowest BCUT2D eigenvalue weighted by Gasteiger charge is -2.07. The Morgan fingerprint density at radius 1 is 0.818 bits per heavy atom. The van der Waals surface area contributed by atoms with Crippen LogP contribution in [-0.4, -0.2) is 5.37 Å². The molecule has 1 aliphatic carbocycles. The normalized spacial score (nSPS) is 23.3. The molecule has 1 heteroatoms. The molecule has 0 nitrogen and oxygen atoms in total. The van der Waals surface area contributed by atoms with Gasteiger partial charge in [-0.05, 0) is 24.1 Å². The smallest absolute Gasteiger partial charge is 0.0128 e. The van der Waals surface area contributed by atoms with Crippen LogP contribution < -0.4 is 0 Å². The van der Waals surface area contributed by atoms with Crippen LogP contribution >= 0.6 is 12.2 Å². The Labute approximate surface area is 75.4 Å². The summed E-state index contributed by atoms with van der Waals surface area (Å²) in [6, 6.07) is 0. The van der Waals surface area contributed by atoms with Gasteiger partial charge in [0.05, 0.1) is 0 Å². The summed E-state index contributed by atoms with van der Waals surface area (Å²) in [6.07, 6.45) is 11.3. The number of thiocarbonyl (C=S) groups is 1. The van der Waals surface area contributed by atoms with Crippen molar-refractivity contribution >= 4 is 17.6 Å². The lowest BCUT2D eigenvalue weighted by atomic mass is 9.99. The first-order valence-electron chi connectivity index (χ1n) is 4.89. The van der Waals surface area contributed by atoms with Crippen LogP contribution in [0.3, 0.4) is 0 Å². The van der Waals surface area contributed by atoms with Gasteiger partial charge in [-0.2, -0.15) is 0 Å². The van der Waals surface area contributed by atoms with E-state index in [9.17, 15) is 0 Å². The van der Waals surface area contributed by atoms with Crippen LogP contribution in [0.1, 0.15) is 51.4 Å². The Hall–Kier alpha value is 0.0900. The first-order valence-corrected chi connectivity index (χ1v) is 5.36. The third-order valence-corrected chi connectivity index (χ3v) is 2.98. The molecule has 0 aliphatic heterocycles. The summed E-state index contributed by atoms with van der Waals surface area (Å²) in [4.78, 5) is 0. The van der Waals surface area contributed by atoms with Crippen molar-refractivity contribution in [3.8, 4) is 0 Å². The fraction of sp³-hybridized carbons (Fsp3) is 0.900. The number of hydrogen-bond acceptors (Lipinski definition) is 1. The fourth-order valence-electron chi connectivity index (χ4n) is 1.80. The van der Waals surface area contributed by atoms with E-state index in [4.69, 9.17) is 12.2 Å². The summed E-state index contributed by atoms with van der Waals surface area (Å²) < 4.78 is 0. The van der Waals surface area contributed by atoms with Gasteiger partial charge in [0.15, 0.2) is 0 Å². The highest BCUT2D eigenvalue weighted by Gasteiger charge is 2.06. The molecular weight excluding hydrogens is 152 g/mol. The van der Waals surface area contributed by atoms with Crippen molar-refractivity contribution in [1.29, 1.82) is 0 Å². The molecule has 1 rings (SSSR count). The van der Waals surface area contributed by atoms with Crippen LogP contribution in [0.5, 0.6) is 0 Å². The van der Waals surface area contributed by atoms with Crippen LogP contribution in [0.2, 0.25) is 0 Å². The Bertz CT molecular complexity index is 99.4. The Morgan fingerprint density at radius 3 is 1.73 bits per heavy atom. The van der Waals surface area contributed by atoms with E-state index in [1.807, 2.05) is 5.37 Å². The van der Waals surface area contributed by atoms with E-state index >= 15 is 0 Å². The van der Waals surface area contributed by atoms with E-state index in [-0.39, 0.29) is 0 Å². The van der Waals surface area contributed by atoms with Crippen molar-refractivity contribution in [2.45, 2.75) is 51.4 Å². The molecule has 1 aliphatic rings. The summed E-state index contributed by atoms with van der Waals surface area (Å²) in [7, 11) is 0. The molecule has 64 valence electrons. The van der Waals surface area contributed by atoms with Gasteiger partial charge >= 0.3 is 0 Å². The molecule has 0 saturated heterocycles. The highest BCUT2D eigenvalue weighted by molar-refractivity contribution is 7.79. The lowest BCUT2D eigenvalue weighted by Crippen LogP contribution is -1.99. The first-order chi connectivity index (χ1) is 5.43. The summed E-state index contributed by atoms with van der Waals surface area (Å²) in [6.45, 7) is 0. The first kappa shape index (κ1) is 9.18. The minimum Gasteiger partial charge on any atom is -0.0932 e. The van der Waals surface area contributed by atoms with Crippen LogP contribution in [0.4, 0.5) is 0 Å². The second-order valence-electron chi connectivity index (χ2n) is 3.59. The molecule has 0 aromatic rings. The van der Waals surface area contributed by atoms with Gasteiger partial charge in [-0.15, -0.1) is 0 Å². The number of rotatable bonds is 1. The molecular formula is C10H18S. The van der Waals surface area contributed by atoms with Crippen LogP contribution in [0, 0.1) is 5.92 Å². The summed E-state index contributed by atoms with van der Waals surface area (Å²) in [5, 5.41) is 1.99. The molecule has 0 spiro atoms. The average molecular weight is 170 g/mol. The van der Waals surface area contributed by atoms with E-state index < -0.39 is 0 Å². The maximum absolute atomic E-state index is 5.00. The van der Waals surface area contributed by atoms with Gasteiger partial charge in [0.1, 0.15) is 0 Å². The van der Waals surface area contributed by atoms with Gasteiger partial charge in [-0.25, -0.2) is 0 Å². The Balaban J connectivity index is 2.24. The van der Waals surface area contributed by atoms with E-state index in [0.29, 0.717) is 0 Å². The molecule has 1 fully saturated rings. The fourth-order valence-corrected chi connectivity index (χ4v) is 2.07. The van der Waals surface area contributed by atoms with Crippen molar-refractivity contribution < 1.29 is 0 Å². The zero-order valence-corrected chi connectivity index (χ0v) is 8.04. The topological polar surface area (TPSA) is 0 Å². The molecule has 0 bridgehead atoms. The highest BCUT2D eigenvalue weighted by Crippen LogP contribution is 2.20. The zero-order valence-electron chi connectivity index (χ0n) is 7.22. The van der Waals surface area contributed by atoms with Gasteiger partial charge in [-0.3, -0.25) is 0 Å². The lowest BCUT2D eigenvalue weighted by molar-refractivity contribution is 0.549. The van der Waals surface area contributed by atoms with Gasteiger partial charge in [0.25, 0.3) is 0 Å². The third kappa shape index (κ3) is 3.85. The Kier molecular flexibility index (Phi) is 4.76. The molecule has 0 atom stereocenters. The molecule has 0 N–H and O–H groups in total. The maximum Gasteiger partial charge on any atom is -0.0128 e. The molecule has 0 unspecified atom stereocenters. The van der Waals surface area contributed by atoms with E-state index in [2.05, 4.69) is 0 Å². The molecule has 0 aromatic heterocycles. The van der Waals surface area contributed by atoms with Crippen LogP contribution in [0.15, 0.2) is 0 Å². The second-order valence-corrected chi connectivity index (χ2v) is 3.87. The molecule has 0 amide bonds. The van der Waals surface area contributed by atoms with Gasteiger partial charge in [0.2, 0.25) is 0 Å². The standard InChI is InChI=1S/C10H18S/c11-9-10-7-5-3-1-2-4-6-8-10/h9-10H,1-8H2. The van der Waals surface area contributed by atoms with Crippen molar-refractivity contribution in [2.75, 3.05) is 0 Å². The monoisotopic (exact) mass is 170 g/mol. The van der Waals surface area contributed by atoms with Crippen molar-refractivity contribution in [3.63, 3.8) is 0 Å². The second kappa shape index (κ2) is 5.70. The van der Waals surface area contributed by atoms with E-state index in [0.717, 1.165) is 5.92 Å². The third-order valence-electron chi connectivity index (χ3n) is 2.59. The predicted octanol–water partition coefficient (Wildman–Crippen LogP) is 3.74. The highest BCUT2D eigenvalue weighted by atomic mass is 32.1. The van der Waals surface area contributed by atoms with E-state index in [1.54, 1.807) is 0 Å².